The Morgan fingerprint density at radius 1 is 0.276 bits per heavy atom. The number of unbranched alkanes of at least 4 members (excludes halogenated alkanes) is 34. The zero-order chi connectivity index (χ0) is 55.0. The molecule has 0 aliphatic carbocycles. The van der Waals surface area contributed by atoms with Gasteiger partial charge in [-0.2, -0.15) is 0 Å². The van der Waals surface area contributed by atoms with E-state index in [1.165, 1.54) is 186 Å². The Balaban J connectivity index is 4.29. The number of ether oxygens (including phenoxy) is 3. The summed E-state index contributed by atoms with van der Waals surface area (Å²) >= 11 is 0. The maximum Gasteiger partial charge on any atom is 0.306 e. The molecule has 0 saturated heterocycles. The first kappa shape index (κ1) is 72.6. The fraction of sp³-hybridized carbons (Fsp3) is 0.757. The highest BCUT2D eigenvalue weighted by atomic mass is 16.6. The second-order valence-electron chi connectivity index (χ2n) is 21.6. The molecular formula is C70H122O6. The van der Waals surface area contributed by atoms with Gasteiger partial charge in [-0.1, -0.05) is 273 Å². The molecule has 6 heteroatoms. The van der Waals surface area contributed by atoms with Gasteiger partial charge in [0.2, 0.25) is 0 Å². The first-order chi connectivity index (χ1) is 37.5. The second-order valence-corrected chi connectivity index (χ2v) is 21.6. The van der Waals surface area contributed by atoms with Gasteiger partial charge in [-0.15, -0.1) is 0 Å². The molecule has 0 aromatic rings. The predicted octanol–water partition coefficient (Wildman–Crippen LogP) is 22.3. The minimum absolute atomic E-state index is 0.0802. The van der Waals surface area contributed by atoms with Crippen molar-refractivity contribution >= 4 is 17.9 Å². The minimum Gasteiger partial charge on any atom is -0.462 e. The van der Waals surface area contributed by atoms with Crippen molar-refractivity contribution in [3.8, 4) is 0 Å². The van der Waals surface area contributed by atoms with Crippen LogP contribution in [0.5, 0.6) is 0 Å². The Labute approximate surface area is 471 Å². The number of carbonyl (C=O) groups excluding carboxylic acids is 3. The lowest BCUT2D eigenvalue weighted by Crippen LogP contribution is -2.30. The summed E-state index contributed by atoms with van der Waals surface area (Å²) < 4.78 is 16.9. The van der Waals surface area contributed by atoms with E-state index in [0.29, 0.717) is 19.3 Å². The number of hydrogen-bond donors (Lipinski definition) is 0. The van der Waals surface area contributed by atoms with Gasteiger partial charge < -0.3 is 14.2 Å². The third-order valence-corrected chi connectivity index (χ3v) is 14.1. The highest BCUT2D eigenvalue weighted by Crippen LogP contribution is 2.16. The average molecular weight is 1060 g/mol. The van der Waals surface area contributed by atoms with Crippen LogP contribution >= 0.6 is 0 Å². The standard InChI is InChI=1S/C70H122O6/c1-4-7-10-13-16-19-22-25-27-29-31-33-34-35-36-38-39-41-43-45-48-51-54-57-60-63-69(72)75-66-67(65-74-68(71)62-59-56-53-50-47-24-21-18-15-12-9-6-3)76-70(73)64-61-58-55-52-49-46-44-42-40-37-32-30-28-26-23-20-17-14-11-8-5-2/h7,10,16,18-19,21,23,25-27,30-33,67H,4-6,8-9,11-15,17,20,22,24,28-29,34-66H2,1-3H3/b10-7-,19-16-,21-18-,26-23-,27-25-,32-30-,33-31-. The average Bonchev–Trinajstić information content (AvgIpc) is 3.42. The summed E-state index contributed by atoms with van der Waals surface area (Å²) in [7, 11) is 0. The quantitative estimate of drug-likeness (QED) is 0.0261. The van der Waals surface area contributed by atoms with Crippen LogP contribution in [0.2, 0.25) is 0 Å². The van der Waals surface area contributed by atoms with Crippen LogP contribution in [0.25, 0.3) is 0 Å². The highest BCUT2D eigenvalue weighted by molar-refractivity contribution is 5.71. The smallest absolute Gasteiger partial charge is 0.306 e. The van der Waals surface area contributed by atoms with E-state index in [2.05, 4.69) is 106 Å². The predicted molar refractivity (Wildman–Crippen MR) is 330 cm³/mol. The monoisotopic (exact) mass is 1060 g/mol. The van der Waals surface area contributed by atoms with E-state index in [9.17, 15) is 14.4 Å². The molecule has 0 saturated carbocycles. The Morgan fingerprint density at radius 2 is 0.513 bits per heavy atom. The van der Waals surface area contributed by atoms with Crippen LogP contribution in [0.15, 0.2) is 85.1 Å². The Kier molecular flexibility index (Phi) is 61.2. The van der Waals surface area contributed by atoms with Gasteiger partial charge in [0.05, 0.1) is 0 Å². The summed E-state index contributed by atoms with van der Waals surface area (Å²) in [5, 5.41) is 0. The van der Waals surface area contributed by atoms with Gasteiger partial charge >= 0.3 is 17.9 Å². The minimum atomic E-state index is -0.784. The number of carbonyl (C=O) groups is 3. The summed E-state index contributed by atoms with van der Waals surface area (Å²) in [5.74, 6) is -0.883. The third kappa shape index (κ3) is 61.4. The van der Waals surface area contributed by atoms with E-state index in [-0.39, 0.29) is 31.1 Å². The zero-order valence-electron chi connectivity index (χ0n) is 50.3. The molecule has 0 rings (SSSR count). The van der Waals surface area contributed by atoms with Crippen molar-refractivity contribution in [1.82, 2.24) is 0 Å². The molecule has 0 heterocycles. The first-order valence-electron chi connectivity index (χ1n) is 32.6. The van der Waals surface area contributed by atoms with E-state index < -0.39 is 6.10 Å². The van der Waals surface area contributed by atoms with E-state index in [0.717, 1.165) is 96.3 Å². The lowest BCUT2D eigenvalue weighted by atomic mass is 10.0. The molecule has 0 aromatic heterocycles. The van der Waals surface area contributed by atoms with Gasteiger partial charge in [0.15, 0.2) is 6.10 Å². The molecule has 0 aliphatic heterocycles. The fourth-order valence-corrected chi connectivity index (χ4v) is 9.23. The molecule has 0 radical (unpaired) electrons. The van der Waals surface area contributed by atoms with Crippen molar-refractivity contribution in [1.29, 1.82) is 0 Å². The number of hydrogen-bond acceptors (Lipinski definition) is 6. The molecule has 0 bridgehead atoms. The molecule has 1 atom stereocenters. The largest absolute Gasteiger partial charge is 0.462 e. The van der Waals surface area contributed by atoms with Crippen LogP contribution in [-0.4, -0.2) is 37.2 Å². The van der Waals surface area contributed by atoms with Crippen molar-refractivity contribution in [3.63, 3.8) is 0 Å². The molecule has 6 nitrogen and oxygen atoms in total. The molecule has 0 aromatic carbocycles. The van der Waals surface area contributed by atoms with Crippen molar-refractivity contribution in [2.24, 2.45) is 0 Å². The molecule has 1 unspecified atom stereocenters. The van der Waals surface area contributed by atoms with E-state index in [1.807, 2.05) is 0 Å². The van der Waals surface area contributed by atoms with Crippen LogP contribution < -0.4 is 0 Å². The summed E-state index contributed by atoms with van der Waals surface area (Å²) in [6.07, 6.45) is 84.5. The first-order valence-corrected chi connectivity index (χ1v) is 32.6. The van der Waals surface area contributed by atoms with Crippen LogP contribution in [-0.2, 0) is 28.6 Å². The van der Waals surface area contributed by atoms with Crippen molar-refractivity contribution < 1.29 is 28.6 Å². The molecular weight excluding hydrogens is 937 g/mol. The topological polar surface area (TPSA) is 78.9 Å². The van der Waals surface area contributed by atoms with E-state index >= 15 is 0 Å². The van der Waals surface area contributed by atoms with E-state index in [1.54, 1.807) is 0 Å². The molecule has 0 spiro atoms. The summed E-state index contributed by atoms with van der Waals surface area (Å²) in [5.41, 5.74) is 0. The Hall–Kier alpha value is -3.41. The molecule has 438 valence electrons. The van der Waals surface area contributed by atoms with Crippen molar-refractivity contribution in [2.45, 2.75) is 329 Å². The molecule has 76 heavy (non-hydrogen) atoms. The molecule has 0 N–H and O–H groups in total. The molecule has 0 fully saturated rings. The maximum atomic E-state index is 12.9. The van der Waals surface area contributed by atoms with E-state index in [4.69, 9.17) is 14.2 Å². The Morgan fingerprint density at radius 3 is 0.842 bits per heavy atom. The zero-order valence-corrected chi connectivity index (χ0v) is 50.3. The molecule has 0 amide bonds. The number of rotatable bonds is 59. The SMILES string of the molecule is CC/C=C\C/C=C\C/C=C\C/C=C\CCCCCCCCCCCCCCC(=O)OCC(COC(=O)CCCCCCC/C=C\CCCCC)OC(=O)CCCCCCCCCCC/C=C\C/C=C\CCCCCCC. The van der Waals surface area contributed by atoms with Crippen LogP contribution in [0.4, 0.5) is 0 Å². The number of esters is 3. The summed E-state index contributed by atoms with van der Waals surface area (Å²) in [4.78, 5) is 38.3. The van der Waals surface area contributed by atoms with Gasteiger partial charge in [0.1, 0.15) is 13.2 Å². The van der Waals surface area contributed by atoms with Crippen LogP contribution in [0.1, 0.15) is 323 Å². The Bertz CT molecular complexity index is 1450. The lowest BCUT2D eigenvalue weighted by Gasteiger charge is -2.18. The second kappa shape index (κ2) is 64.1. The van der Waals surface area contributed by atoms with Gasteiger partial charge in [-0.05, 0) is 116 Å². The number of allylic oxidation sites excluding steroid dienone is 14. The summed E-state index contributed by atoms with van der Waals surface area (Å²) in [6.45, 7) is 6.51. The molecule has 0 aliphatic rings. The normalized spacial score (nSPS) is 12.6. The van der Waals surface area contributed by atoms with Gasteiger partial charge in [0, 0.05) is 19.3 Å². The van der Waals surface area contributed by atoms with Crippen molar-refractivity contribution in [2.75, 3.05) is 13.2 Å². The highest BCUT2D eigenvalue weighted by Gasteiger charge is 2.19. The van der Waals surface area contributed by atoms with Crippen LogP contribution in [0, 0.1) is 0 Å². The maximum absolute atomic E-state index is 12.9. The summed E-state index contributed by atoms with van der Waals surface area (Å²) in [6, 6.07) is 0. The van der Waals surface area contributed by atoms with Gasteiger partial charge in [-0.3, -0.25) is 14.4 Å². The third-order valence-electron chi connectivity index (χ3n) is 14.1. The fourth-order valence-electron chi connectivity index (χ4n) is 9.23. The van der Waals surface area contributed by atoms with Gasteiger partial charge in [0.25, 0.3) is 0 Å². The van der Waals surface area contributed by atoms with Gasteiger partial charge in [-0.25, -0.2) is 0 Å². The van der Waals surface area contributed by atoms with Crippen molar-refractivity contribution in [3.05, 3.63) is 85.1 Å². The van der Waals surface area contributed by atoms with Crippen LogP contribution in [0.3, 0.4) is 0 Å². The lowest BCUT2D eigenvalue weighted by molar-refractivity contribution is -0.167.